The molecule has 1 aliphatic rings. The van der Waals surface area contributed by atoms with Crippen LogP contribution in [0.3, 0.4) is 0 Å². The maximum atomic E-state index is 11.5. The Labute approximate surface area is 147 Å². The van der Waals surface area contributed by atoms with Crippen LogP contribution in [-0.4, -0.2) is 39.1 Å². The van der Waals surface area contributed by atoms with Gasteiger partial charge in [-0.1, -0.05) is 26.8 Å². The molecular formula is C19H23N3O3. The first-order valence-corrected chi connectivity index (χ1v) is 8.36. The van der Waals surface area contributed by atoms with Crippen molar-refractivity contribution in [2.45, 2.75) is 39.3 Å². The van der Waals surface area contributed by atoms with E-state index in [9.17, 15) is 9.90 Å². The Morgan fingerprint density at radius 2 is 2.00 bits per heavy atom. The molecule has 0 bridgehead atoms. The molecule has 25 heavy (non-hydrogen) atoms. The highest BCUT2D eigenvalue weighted by Crippen LogP contribution is 2.27. The first-order chi connectivity index (χ1) is 11.8. The van der Waals surface area contributed by atoms with Gasteiger partial charge in [-0.25, -0.2) is 14.8 Å². The van der Waals surface area contributed by atoms with Crippen molar-refractivity contribution in [1.82, 2.24) is 14.9 Å². The minimum atomic E-state index is -0.930. The summed E-state index contributed by atoms with van der Waals surface area (Å²) in [4.78, 5) is 22.6. The van der Waals surface area contributed by atoms with Gasteiger partial charge < -0.3 is 9.84 Å². The van der Waals surface area contributed by atoms with E-state index in [0.717, 1.165) is 23.5 Å². The lowest BCUT2D eigenvalue weighted by Gasteiger charge is -2.21. The predicted octanol–water partition coefficient (Wildman–Crippen LogP) is 2.87. The molecule has 0 aliphatic carbocycles. The molecule has 0 saturated heterocycles. The van der Waals surface area contributed by atoms with Gasteiger partial charge in [0.15, 0.2) is 0 Å². The van der Waals surface area contributed by atoms with Crippen molar-refractivity contribution in [2.24, 2.45) is 0 Å². The maximum Gasteiger partial charge on any atom is 0.336 e. The lowest BCUT2D eigenvalue weighted by molar-refractivity contribution is 0.0694. The summed E-state index contributed by atoms with van der Waals surface area (Å²) in [7, 11) is 0. The van der Waals surface area contributed by atoms with Crippen LogP contribution in [0, 0.1) is 0 Å². The SMILES string of the molecule is CC(C)(C)c1ncc(CN2CCOc3cccc(C(=O)O)c3C2)cn1. The Hall–Kier alpha value is -2.47. The van der Waals surface area contributed by atoms with Gasteiger partial charge in [0.25, 0.3) is 0 Å². The smallest absolute Gasteiger partial charge is 0.336 e. The van der Waals surface area contributed by atoms with Gasteiger partial charge in [-0.05, 0) is 12.1 Å². The van der Waals surface area contributed by atoms with Gasteiger partial charge in [0.1, 0.15) is 18.2 Å². The number of nitrogens with zero attached hydrogens (tertiary/aromatic N) is 3. The highest BCUT2D eigenvalue weighted by Gasteiger charge is 2.22. The van der Waals surface area contributed by atoms with Crippen LogP contribution in [0.15, 0.2) is 30.6 Å². The van der Waals surface area contributed by atoms with Crippen molar-refractivity contribution < 1.29 is 14.6 Å². The van der Waals surface area contributed by atoms with Crippen LogP contribution in [0.2, 0.25) is 0 Å². The lowest BCUT2D eigenvalue weighted by Crippen LogP contribution is -2.26. The fraction of sp³-hybridized carbons (Fsp3) is 0.421. The van der Waals surface area contributed by atoms with E-state index in [1.165, 1.54) is 0 Å². The Kier molecular flexibility index (Phi) is 4.72. The number of ether oxygens (including phenoxy) is 1. The molecular weight excluding hydrogens is 318 g/mol. The molecule has 0 fully saturated rings. The summed E-state index contributed by atoms with van der Waals surface area (Å²) in [5.41, 5.74) is 1.94. The largest absolute Gasteiger partial charge is 0.492 e. The second kappa shape index (κ2) is 6.80. The van der Waals surface area contributed by atoms with E-state index in [2.05, 4.69) is 35.6 Å². The third-order valence-corrected chi connectivity index (χ3v) is 4.19. The number of carboxylic acids is 1. The topological polar surface area (TPSA) is 75.6 Å². The van der Waals surface area contributed by atoms with Crippen LogP contribution in [-0.2, 0) is 18.5 Å². The van der Waals surface area contributed by atoms with Crippen LogP contribution >= 0.6 is 0 Å². The first-order valence-electron chi connectivity index (χ1n) is 8.36. The fourth-order valence-corrected chi connectivity index (χ4v) is 2.87. The molecule has 2 aromatic rings. The predicted molar refractivity (Wildman–Crippen MR) is 93.7 cm³/mol. The molecule has 0 unspecified atom stereocenters. The van der Waals surface area contributed by atoms with Crippen LogP contribution in [0.1, 0.15) is 48.1 Å². The molecule has 0 amide bonds. The third-order valence-electron chi connectivity index (χ3n) is 4.19. The normalized spacial score (nSPS) is 15.2. The number of rotatable bonds is 3. The van der Waals surface area contributed by atoms with E-state index in [1.54, 1.807) is 12.1 Å². The highest BCUT2D eigenvalue weighted by atomic mass is 16.5. The van der Waals surface area contributed by atoms with Crippen molar-refractivity contribution in [3.05, 3.63) is 53.1 Å². The zero-order valence-electron chi connectivity index (χ0n) is 14.8. The molecule has 0 radical (unpaired) electrons. The zero-order chi connectivity index (χ0) is 18.0. The van der Waals surface area contributed by atoms with Gasteiger partial charge in [0.2, 0.25) is 0 Å². The molecule has 2 heterocycles. The Bertz CT molecular complexity index is 766. The summed E-state index contributed by atoms with van der Waals surface area (Å²) in [6.07, 6.45) is 3.70. The fourth-order valence-electron chi connectivity index (χ4n) is 2.87. The lowest BCUT2D eigenvalue weighted by atomic mass is 9.96. The molecule has 0 saturated carbocycles. The molecule has 1 aromatic heterocycles. The van der Waals surface area contributed by atoms with Crippen LogP contribution < -0.4 is 4.74 Å². The summed E-state index contributed by atoms with van der Waals surface area (Å²) >= 11 is 0. The summed E-state index contributed by atoms with van der Waals surface area (Å²) in [5.74, 6) is 0.538. The van der Waals surface area contributed by atoms with Crippen molar-refractivity contribution in [3.63, 3.8) is 0 Å². The molecule has 6 heteroatoms. The number of carbonyl (C=O) groups is 1. The van der Waals surface area contributed by atoms with E-state index < -0.39 is 5.97 Å². The quantitative estimate of drug-likeness (QED) is 0.925. The van der Waals surface area contributed by atoms with Crippen molar-refractivity contribution in [2.75, 3.05) is 13.2 Å². The van der Waals surface area contributed by atoms with Gasteiger partial charge in [-0.3, -0.25) is 4.90 Å². The molecule has 132 valence electrons. The first kappa shape index (κ1) is 17.4. The van der Waals surface area contributed by atoms with E-state index in [-0.39, 0.29) is 5.41 Å². The monoisotopic (exact) mass is 341 g/mol. The number of hydrogen-bond acceptors (Lipinski definition) is 5. The summed E-state index contributed by atoms with van der Waals surface area (Å²) in [6.45, 7) is 8.67. The second-order valence-corrected chi connectivity index (χ2v) is 7.31. The molecule has 1 N–H and O–H groups in total. The van der Waals surface area contributed by atoms with Crippen LogP contribution in [0.5, 0.6) is 5.75 Å². The summed E-state index contributed by atoms with van der Waals surface area (Å²) in [5, 5.41) is 9.42. The molecule has 0 spiro atoms. The Balaban J connectivity index is 1.79. The Morgan fingerprint density at radius 1 is 1.28 bits per heavy atom. The van der Waals surface area contributed by atoms with Crippen molar-refractivity contribution >= 4 is 5.97 Å². The minimum Gasteiger partial charge on any atom is -0.492 e. The van der Waals surface area contributed by atoms with E-state index in [0.29, 0.717) is 31.0 Å². The average Bonchev–Trinajstić information content (AvgIpc) is 2.75. The number of benzene rings is 1. The van der Waals surface area contributed by atoms with Crippen molar-refractivity contribution in [3.8, 4) is 5.75 Å². The summed E-state index contributed by atoms with van der Waals surface area (Å²) < 4.78 is 5.73. The van der Waals surface area contributed by atoms with Gasteiger partial charge >= 0.3 is 5.97 Å². The van der Waals surface area contributed by atoms with Gasteiger partial charge in [-0.15, -0.1) is 0 Å². The standard InChI is InChI=1S/C19H23N3O3/c1-19(2,3)18-20-9-13(10-21-18)11-22-7-8-25-16-6-4-5-14(17(23)24)15(16)12-22/h4-6,9-10H,7-8,11-12H2,1-3H3,(H,23,24). The molecule has 3 rings (SSSR count). The minimum absolute atomic E-state index is 0.0791. The number of aromatic carboxylic acids is 1. The third kappa shape index (κ3) is 3.96. The van der Waals surface area contributed by atoms with Crippen LogP contribution in [0.25, 0.3) is 0 Å². The van der Waals surface area contributed by atoms with Gasteiger partial charge in [-0.2, -0.15) is 0 Å². The zero-order valence-corrected chi connectivity index (χ0v) is 14.8. The van der Waals surface area contributed by atoms with Crippen molar-refractivity contribution in [1.29, 1.82) is 0 Å². The number of aromatic nitrogens is 2. The highest BCUT2D eigenvalue weighted by molar-refractivity contribution is 5.90. The molecule has 1 aromatic carbocycles. The maximum absolute atomic E-state index is 11.5. The molecule has 0 atom stereocenters. The summed E-state index contributed by atoms with van der Waals surface area (Å²) in [6, 6.07) is 5.17. The number of fused-ring (bicyclic) bond motifs is 1. The van der Waals surface area contributed by atoms with Gasteiger partial charge in [0.05, 0.1) is 5.56 Å². The molecule has 6 nitrogen and oxygen atoms in total. The number of hydrogen-bond donors (Lipinski definition) is 1. The number of carboxylic acid groups (broad SMARTS) is 1. The Morgan fingerprint density at radius 3 is 2.64 bits per heavy atom. The van der Waals surface area contributed by atoms with Gasteiger partial charge in [0, 0.05) is 48.6 Å². The average molecular weight is 341 g/mol. The van der Waals surface area contributed by atoms with E-state index >= 15 is 0 Å². The van der Waals surface area contributed by atoms with Crippen LogP contribution in [0.4, 0.5) is 0 Å². The van der Waals surface area contributed by atoms with E-state index in [1.807, 2.05) is 18.5 Å². The second-order valence-electron chi connectivity index (χ2n) is 7.31. The molecule has 1 aliphatic heterocycles. The van der Waals surface area contributed by atoms with E-state index in [4.69, 9.17) is 4.74 Å².